The molecule has 0 aliphatic rings. The third-order valence-electron chi connectivity index (χ3n) is 5.18. The van der Waals surface area contributed by atoms with Crippen LogP contribution >= 0.6 is 7.60 Å². The summed E-state index contributed by atoms with van der Waals surface area (Å²) in [6.45, 7) is 7.49. The van der Waals surface area contributed by atoms with E-state index in [0.717, 1.165) is 5.69 Å². The smallest absolute Gasteiger partial charge is 0.316 e. The summed E-state index contributed by atoms with van der Waals surface area (Å²) in [5, 5.41) is 0.508. The predicted octanol–water partition coefficient (Wildman–Crippen LogP) is 6.58. The van der Waals surface area contributed by atoms with Gasteiger partial charge in [-0.1, -0.05) is 36.4 Å². The van der Waals surface area contributed by atoms with Gasteiger partial charge in [0.25, 0.3) is 0 Å². The number of fused-ring (bicyclic) bond motifs is 1. The number of rotatable bonds is 10. The van der Waals surface area contributed by atoms with E-state index >= 15 is 8.78 Å². The second-order valence-electron chi connectivity index (χ2n) is 8.66. The molecule has 186 valence electrons. The molecule has 2 aromatic carbocycles. The van der Waals surface area contributed by atoms with Gasteiger partial charge in [-0.05, 0) is 52.8 Å². The molecule has 2 atom stereocenters. The van der Waals surface area contributed by atoms with E-state index in [1.54, 1.807) is 43.7 Å². The van der Waals surface area contributed by atoms with E-state index in [1.807, 2.05) is 42.5 Å². The Balaban J connectivity index is 2.27. The Morgan fingerprint density at radius 1 is 1.00 bits per heavy atom. The number of hydrogen-bond donors (Lipinski definition) is 1. The molecule has 0 saturated carbocycles. The van der Waals surface area contributed by atoms with Crippen molar-refractivity contribution in [3.05, 3.63) is 66.4 Å². The van der Waals surface area contributed by atoms with E-state index in [9.17, 15) is 8.77 Å². The minimum Gasteiger partial charge on any atom is -0.316 e. The maximum absolute atomic E-state index is 16.2. The average Bonchev–Trinajstić information content (AvgIpc) is 3.16. The van der Waals surface area contributed by atoms with Crippen LogP contribution in [0.1, 0.15) is 46.2 Å². The lowest BCUT2D eigenvalue weighted by Gasteiger charge is -2.33. The van der Waals surface area contributed by atoms with Crippen LogP contribution in [0.3, 0.4) is 0 Å². The van der Waals surface area contributed by atoms with E-state index in [-0.39, 0.29) is 18.8 Å². The molecular formula is C24H31F2N2O4PS. The first-order valence-corrected chi connectivity index (χ1v) is 13.8. The molecule has 1 aromatic heterocycles. The van der Waals surface area contributed by atoms with Gasteiger partial charge in [0.1, 0.15) is 6.04 Å². The van der Waals surface area contributed by atoms with Crippen molar-refractivity contribution in [1.82, 2.24) is 9.29 Å². The molecule has 3 rings (SSSR count). The number of halogens is 2. The zero-order valence-corrected chi connectivity index (χ0v) is 21.7. The van der Waals surface area contributed by atoms with E-state index in [2.05, 4.69) is 4.72 Å². The highest BCUT2D eigenvalue weighted by Gasteiger charge is 2.60. The highest BCUT2D eigenvalue weighted by molar-refractivity contribution is 7.84. The van der Waals surface area contributed by atoms with Crippen molar-refractivity contribution in [1.29, 1.82) is 0 Å². The molecule has 0 spiro atoms. The van der Waals surface area contributed by atoms with Crippen LogP contribution in [-0.2, 0) is 24.6 Å². The van der Waals surface area contributed by atoms with Gasteiger partial charge in [-0.15, -0.1) is 0 Å². The lowest BCUT2D eigenvalue weighted by atomic mass is 10.1. The molecule has 0 fully saturated rings. The van der Waals surface area contributed by atoms with Gasteiger partial charge in [0.05, 0.1) is 34.5 Å². The quantitative estimate of drug-likeness (QED) is 0.312. The van der Waals surface area contributed by atoms with Crippen LogP contribution in [0, 0.1) is 0 Å². The highest BCUT2D eigenvalue weighted by Crippen LogP contribution is 2.66. The van der Waals surface area contributed by atoms with Gasteiger partial charge < -0.3 is 13.6 Å². The second kappa shape index (κ2) is 10.4. The van der Waals surface area contributed by atoms with Crippen molar-refractivity contribution < 1.29 is 26.6 Å². The first-order chi connectivity index (χ1) is 16.0. The van der Waals surface area contributed by atoms with Gasteiger partial charge in [-0.3, -0.25) is 4.57 Å². The molecule has 2 unspecified atom stereocenters. The Bertz CT molecular complexity index is 1180. The fraction of sp³-hybridized carbons (Fsp3) is 0.417. The Morgan fingerprint density at radius 3 is 2.12 bits per heavy atom. The number of alkyl halides is 2. The largest absolute Gasteiger partial charge is 0.401 e. The minimum absolute atomic E-state index is 0.140. The summed E-state index contributed by atoms with van der Waals surface area (Å²) < 4.78 is 72.3. The van der Waals surface area contributed by atoms with Gasteiger partial charge in [0.2, 0.25) is 0 Å². The van der Waals surface area contributed by atoms with E-state index < -0.39 is 35.0 Å². The van der Waals surface area contributed by atoms with Crippen molar-refractivity contribution in [2.24, 2.45) is 0 Å². The SMILES string of the molecule is CCOP(=O)(OCC)C(F)(F)C(NS(=O)C(C)(C)C)c1cn(-c2ccccc2)c2ccccc12. The molecule has 0 aliphatic heterocycles. The first-order valence-electron chi connectivity index (χ1n) is 11.1. The van der Waals surface area contributed by atoms with Crippen LogP contribution in [0.15, 0.2) is 60.8 Å². The maximum atomic E-state index is 16.2. The zero-order chi connectivity index (χ0) is 25.1. The number of nitrogens with one attached hydrogen (secondary N) is 1. The van der Waals surface area contributed by atoms with Crippen molar-refractivity contribution in [2.75, 3.05) is 13.2 Å². The van der Waals surface area contributed by atoms with Crippen LogP contribution in [-0.4, -0.2) is 32.4 Å². The second-order valence-corrected chi connectivity index (χ2v) is 12.8. The van der Waals surface area contributed by atoms with Crippen LogP contribution in [0.2, 0.25) is 0 Å². The van der Waals surface area contributed by atoms with Gasteiger partial charge in [-0.25, -0.2) is 8.93 Å². The monoisotopic (exact) mass is 512 g/mol. The predicted molar refractivity (Wildman–Crippen MR) is 133 cm³/mol. The summed E-state index contributed by atoms with van der Waals surface area (Å²) in [5.41, 5.74) is -2.44. The third kappa shape index (κ3) is 5.19. The molecule has 10 heteroatoms. The van der Waals surface area contributed by atoms with E-state index in [0.29, 0.717) is 10.9 Å². The summed E-state index contributed by atoms with van der Waals surface area (Å²) in [6.07, 6.45) is 1.56. The van der Waals surface area contributed by atoms with Crippen LogP contribution in [0.5, 0.6) is 0 Å². The Morgan fingerprint density at radius 2 is 1.56 bits per heavy atom. The van der Waals surface area contributed by atoms with E-state index in [1.165, 1.54) is 13.8 Å². The Kier molecular flexibility index (Phi) is 8.15. The minimum atomic E-state index is -4.93. The standard InChI is InChI=1S/C24H31F2N2O4PS/c1-6-31-33(29,32-7-2)24(25,26)22(27-34(30)23(3,4)5)20-17-28(18-13-9-8-10-14-18)21-16-12-11-15-19(20)21/h8-17,22,27H,6-7H2,1-5H3. The van der Waals surface area contributed by atoms with Gasteiger partial charge in [-0.2, -0.15) is 8.78 Å². The highest BCUT2D eigenvalue weighted by atomic mass is 32.2. The Labute approximate surface area is 201 Å². The fourth-order valence-corrected chi connectivity index (χ4v) is 6.10. The summed E-state index contributed by atoms with van der Waals surface area (Å²) in [7, 11) is -6.84. The molecule has 1 N–H and O–H groups in total. The number of benzene rings is 2. The number of nitrogens with zero attached hydrogens (tertiary/aromatic N) is 1. The zero-order valence-electron chi connectivity index (χ0n) is 20.0. The molecule has 0 aliphatic carbocycles. The number of hydrogen-bond acceptors (Lipinski definition) is 4. The van der Waals surface area contributed by atoms with E-state index in [4.69, 9.17) is 9.05 Å². The molecular weight excluding hydrogens is 481 g/mol. The number of aromatic nitrogens is 1. The van der Waals surface area contributed by atoms with Gasteiger partial charge >= 0.3 is 13.3 Å². The van der Waals surface area contributed by atoms with Crippen molar-refractivity contribution in [3.63, 3.8) is 0 Å². The maximum Gasteiger partial charge on any atom is 0.401 e. The molecule has 0 radical (unpaired) electrons. The topological polar surface area (TPSA) is 69.6 Å². The third-order valence-corrected chi connectivity index (χ3v) is 8.93. The summed E-state index contributed by atoms with van der Waals surface area (Å²) in [6, 6.07) is 14.4. The van der Waals surface area contributed by atoms with Gasteiger partial charge in [0, 0.05) is 22.8 Å². The van der Waals surface area contributed by atoms with Crippen molar-refractivity contribution in [3.8, 4) is 5.69 Å². The average molecular weight is 513 g/mol. The molecule has 0 saturated heterocycles. The lowest BCUT2D eigenvalue weighted by molar-refractivity contribution is 0.0119. The lowest BCUT2D eigenvalue weighted by Crippen LogP contribution is -2.43. The Hall–Kier alpha value is -1.90. The van der Waals surface area contributed by atoms with Crippen LogP contribution in [0.4, 0.5) is 8.78 Å². The number of para-hydroxylation sites is 2. The molecule has 34 heavy (non-hydrogen) atoms. The van der Waals surface area contributed by atoms with Crippen molar-refractivity contribution >= 4 is 29.5 Å². The first kappa shape index (κ1) is 26.7. The molecule has 3 aromatic rings. The molecule has 1 heterocycles. The molecule has 0 bridgehead atoms. The molecule has 6 nitrogen and oxygen atoms in total. The van der Waals surface area contributed by atoms with Crippen LogP contribution < -0.4 is 4.72 Å². The van der Waals surface area contributed by atoms with Gasteiger partial charge in [0.15, 0.2) is 0 Å². The summed E-state index contributed by atoms with van der Waals surface area (Å²) in [5.74, 6) is 0. The normalized spacial score (nSPS) is 14.9. The summed E-state index contributed by atoms with van der Waals surface area (Å²) in [4.78, 5) is 0. The fourth-order valence-electron chi connectivity index (χ4n) is 3.55. The van der Waals surface area contributed by atoms with Crippen LogP contribution in [0.25, 0.3) is 16.6 Å². The van der Waals surface area contributed by atoms with Crippen molar-refractivity contribution in [2.45, 2.75) is 51.1 Å². The molecule has 0 amide bonds. The summed E-state index contributed by atoms with van der Waals surface area (Å²) >= 11 is 0.